The molecule has 0 amide bonds. The number of aryl methyl sites for hydroxylation is 1. The van der Waals surface area contributed by atoms with Crippen LogP contribution in [0.15, 0.2) is 17.6 Å². The molecule has 0 atom stereocenters. The molecule has 1 aromatic heterocycles. The molecule has 0 saturated carbocycles. The first-order valence-corrected chi connectivity index (χ1v) is 4.30. The molecule has 0 bridgehead atoms. The van der Waals surface area contributed by atoms with Crippen LogP contribution in [-0.2, 0) is 0 Å². The lowest BCUT2D eigenvalue weighted by Crippen LogP contribution is -2.00. The van der Waals surface area contributed by atoms with Gasteiger partial charge in [-0.15, -0.1) is 0 Å². The first kappa shape index (κ1) is 10.9. The Morgan fingerprint density at radius 2 is 2.27 bits per heavy atom. The second kappa shape index (κ2) is 4.33. The Kier molecular flexibility index (Phi) is 3.13. The van der Waals surface area contributed by atoms with Crippen LogP contribution in [0, 0.1) is 18.3 Å². The molecule has 5 nitrogen and oxygen atoms in total. The predicted molar refractivity (Wildman–Crippen MR) is 58.9 cm³/mol. The molecule has 0 radical (unpaired) electrons. The van der Waals surface area contributed by atoms with E-state index in [9.17, 15) is 0 Å². The molecule has 0 aliphatic heterocycles. The minimum atomic E-state index is 0.0826. The maximum Gasteiger partial charge on any atom is 0.221 e. The number of allylic oxidation sites excluding steroid dienone is 1. The van der Waals surface area contributed by atoms with Crippen LogP contribution < -0.4 is 5.73 Å². The topological polar surface area (TPSA) is 87.9 Å². The van der Waals surface area contributed by atoms with Crippen LogP contribution in [0.1, 0.15) is 18.3 Å². The second-order valence-corrected chi connectivity index (χ2v) is 2.93. The smallest absolute Gasteiger partial charge is 0.221 e. The van der Waals surface area contributed by atoms with Crippen LogP contribution >= 0.6 is 0 Å². The van der Waals surface area contributed by atoms with Gasteiger partial charge in [-0.2, -0.15) is 10.2 Å². The van der Waals surface area contributed by atoms with Crippen molar-refractivity contribution in [3.05, 3.63) is 24.0 Å². The zero-order valence-corrected chi connectivity index (χ0v) is 8.65. The van der Waals surface area contributed by atoms with Crippen LogP contribution in [0.25, 0.3) is 0 Å². The minimum absolute atomic E-state index is 0.0826. The number of aromatic nitrogens is 2. The summed E-state index contributed by atoms with van der Waals surface area (Å²) in [5, 5.41) is 8.86. The maximum absolute atomic E-state index is 8.86. The molecule has 1 aromatic rings. The number of nitrogens with two attached hydrogens (primary N) is 1. The number of hydrogen-bond donors (Lipinski definition) is 1. The van der Waals surface area contributed by atoms with Crippen molar-refractivity contribution in [1.82, 2.24) is 9.97 Å². The van der Waals surface area contributed by atoms with Crippen molar-refractivity contribution in [1.29, 1.82) is 5.26 Å². The van der Waals surface area contributed by atoms with Crippen molar-refractivity contribution in [2.24, 2.45) is 4.99 Å². The number of rotatable bonds is 2. The van der Waals surface area contributed by atoms with E-state index < -0.39 is 0 Å². The molecule has 0 aliphatic carbocycles. The molecule has 0 saturated heterocycles. The predicted octanol–water partition coefficient (Wildman–Crippen LogP) is 1.52. The number of nitrogen functional groups attached to an aromatic ring is 1. The highest BCUT2D eigenvalue weighted by atomic mass is 15.0. The Hall–Kier alpha value is -2.22. The number of anilines is 1. The van der Waals surface area contributed by atoms with Gasteiger partial charge in [-0.1, -0.05) is 6.58 Å². The molecule has 0 spiro atoms. The van der Waals surface area contributed by atoms with E-state index in [0.29, 0.717) is 17.1 Å². The van der Waals surface area contributed by atoms with Crippen LogP contribution in [0.5, 0.6) is 0 Å². The average molecular weight is 201 g/mol. The molecule has 0 aliphatic rings. The molecule has 76 valence electrons. The highest BCUT2D eigenvalue weighted by Crippen LogP contribution is 2.21. The van der Waals surface area contributed by atoms with Crippen molar-refractivity contribution >= 4 is 17.3 Å². The van der Waals surface area contributed by atoms with Crippen molar-refractivity contribution in [3.8, 4) is 6.07 Å². The Morgan fingerprint density at radius 3 is 2.80 bits per heavy atom. The monoisotopic (exact) mass is 201 g/mol. The summed E-state index contributed by atoms with van der Waals surface area (Å²) in [5.41, 5.74) is 7.34. The van der Waals surface area contributed by atoms with Gasteiger partial charge in [-0.05, 0) is 19.9 Å². The molecular weight excluding hydrogens is 190 g/mol. The third-order valence-electron chi connectivity index (χ3n) is 1.77. The standard InChI is InChI=1S/C10H11N5/c1-4-6(2)13-9-7(3)14-10(12)15-8(9)5-11/h4H,1H2,2-3H3,(H2,12,14,15). The van der Waals surface area contributed by atoms with Crippen molar-refractivity contribution in [3.63, 3.8) is 0 Å². The third-order valence-corrected chi connectivity index (χ3v) is 1.77. The molecule has 0 aromatic carbocycles. The molecular formula is C10H11N5. The van der Waals surface area contributed by atoms with E-state index in [-0.39, 0.29) is 11.6 Å². The Morgan fingerprint density at radius 1 is 1.60 bits per heavy atom. The third kappa shape index (κ3) is 2.38. The Balaban J connectivity index is 3.41. The van der Waals surface area contributed by atoms with Gasteiger partial charge < -0.3 is 5.73 Å². The normalized spacial score (nSPS) is 10.9. The van der Waals surface area contributed by atoms with E-state index in [0.717, 1.165) is 0 Å². The minimum Gasteiger partial charge on any atom is -0.368 e. The highest BCUT2D eigenvalue weighted by molar-refractivity contribution is 5.94. The van der Waals surface area contributed by atoms with E-state index >= 15 is 0 Å². The van der Waals surface area contributed by atoms with Gasteiger partial charge in [0.15, 0.2) is 5.69 Å². The molecule has 0 fully saturated rings. The van der Waals surface area contributed by atoms with Gasteiger partial charge in [0.2, 0.25) is 5.95 Å². The quantitative estimate of drug-likeness (QED) is 0.734. The summed E-state index contributed by atoms with van der Waals surface area (Å²) in [5.74, 6) is 0.0826. The van der Waals surface area contributed by atoms with Crippen LogP contribution in [-0.4, -0.2) is 15.7 Å². The fourth-order valence-electron chi connectivity index (χ4n) is 1.02. The summed E-state index contributed by atoms with van der Waals surface area (Å²) in [6.07, 6.45) is 1.59. The van der Waals surface area contributed by atoms with Crippen LogP contribution in [0.3, 0.4) is 0 Å². The summed E-state index contributed by atoms with van der Waals surface area (Å²) >= 11 is 0. The number of nitrogens with zero attached hydrogens (tertiary/aromatic N) is 4. The van der Waals surface area contributed by atoms with Crippen molar-refractivity contribution in [2.75, 3.05) is 5.73 Å². The molecule has 0 unspecified atom stereocenters. The van der Waals surface area contributed by atoms with E-state index in [1.54, 1.807) is 19.9 Å². The molecule has 1 heterocycles. The number of aliphatic imine (C=N–C) groups is 1. The summed E-state index contributed by atoms with van der Waals surface area (Å²) < 4.78 is 0. The van der Waals surface area contributed by atoms with Crippen LogP contribution in [0.2, 0.25) is 0 Å². The SMILES string of the molecule is C=CC(C)=Nc1c(C)nc(N)nc1C#N. The number of nitriles is 1. The fourth-order valence-corrected chi connectivity index (χ4v) is 1.02. The van der Waals surface area contributed by atoms with E-state index in [4.69, 9.17) is 11.0 Å². The van der Waals surface area contributed by atoms with Gasteiger partial charge in [0.1, 0.15) is 11.8 Å². The Bertz CT molecular complexity index is 467. The van der Waals surface area contributed by atoms with E-state index in [2.05, 4.69) is 21.5 Å². The summed E-state index contributed by atoms with van der Waals surface area (Å²) in [6.45, 7) is 7.09. The highest BCUT2D eigenvalue weighted by Gasteiger charge is 2.08. The summed E-state index contributed by atoms with van der Waals surface area (Å²) in [7, 11) is 0. The molecule has 15 heavy (non-hydrogen) atoms. The fraction of sp³-hybridized carbons (Fsp3) is 0.200. The van der Waals surface area contributed by atoms with Gasteiger partial charge in [0.05, 0.1) is 5.69 Å². The lowest BCUT2D eigenvalue weighted by Gasteiger charge is -2.03. The van der Waals surface area contributed by atoms with Crippen LogP contribution in [0.4, 0.5) is 11.6 Å². The molecule has 1 rings (SSSR count). The Labute approximate surface area is 88.0 Å². The van der Waals surface area contributed by atoms with E-state index in [1.165, 1.54) is 0 Å². The largest absolute Gasteiger partial charge is 0.368 e. The zero-order valence-electron chi connectivity index (χ0n) is 8.65. The summed E-state index contributed by atoms with van der Waals surface area (Å²) in [6, 6.07) is 1.93. The average Bonchev–Trinajstić information content (AvgIpc) is 2.21. The molecule has 5 heteroatoms. The van der Waals surface area contributed by atoms with E-state index in [1.807, 2.05) is 6.07 Å². The maximum atomic E-state index is 8.86. The van der Waals surface area contributed by atoms with Gasteiger partial charge in [0, 0.05) is 5.71 Å². The lowest BCUT2D eigenvalue weighted by molar-refractivity contribution is 1.09. The summed E-state index contributed by atoms with van der Waals surface area (Å²) in [4.78, 5) is 11.9. The first-order chi connectivity index (χ1) is 7.08. The van der Waals surface area contributed by atoms with Gasteiger partial charge in [-0.25, -0.2) is 9.98 Å². The van der Waals surface area contributed by atoms with Gasteiger partial charge in [0.25, 0.3) is 0 Å². The lowest BCUT2D eigenvalue weighted by atomic mass is 10.2. The molecule has 2 N–H and O–H groups in total. The van der Waals surface area contributed by atoms with Crippen molar-refractivity contribution < 1.29 is 0 Å². The van der Waals surface area contributed by atoms with Gasteiger partial charge in [-0.3, -0.25) is 0 Å². The number of hydrogen-bond acceptors (Lipinski definition) is 5. The van der Waals surface area contributed by atoms with Gasteiger partial charge >= 0.3 is 0 Å². The first-order valence-electron chi connectivity index (χ1n) is 4.30. The second-order valence-electron chi connectivity index (χ2n) is 2.93. The van der Waals surface area contributed by atoms with Crippen molar-refractivity contribution in [2.45, 2.75) is 13.8 Å². The zero-order chi connectivity index (χ0) is 11.4.